The number of hydrogen-bond donors (Lipinski definition) is 0. The largest absolute Gasteiger partial charge is 0.339 e. The molecule has 0 aromatic heterocycles. The lowest BCUT2D eigenvalue weighted by Gasteiger charge is -2.19. The molecule has 0 aliphatic heterocycles. The third-order valence-electron chi connectivity index (χ3n) is 2.57. The second-order valence-corrected chi connectivity index (χ2v) is 7.07. The predicted molar refractivity (Wildman–Crippen MR) is 74.4 cm³/mol. The maximum Gasteiger partial charge on any atom is 0.264 e. The molecule has 0 atom stereocenters. The first-order chi connectivity index (χ1) is 8.72. The van der Waals surface area contributed by atoms with Crippen LogP contribution in [0.5, 0.6) is 0 Å². The Labute approximate surface area is 124 Å². The molecule has 0 saturated carbocycles. The van der Waals surface area contributed by atoms with Crippen molar-refractivity contribution >= 4 is 41.6 Å². The van der Waals surface area contributed by atoms with Crippen LogP contribution >= 0.6 is 26.6 Å². The Morgan fingerprint density at radius 3 is 2.32 bits per heavy atom. The van der Waals surface area contributed by atoms with Crippen LogP contribution in [-0.2, 0) is 9.05 Å². The highest BCUT2D eigenvalue weighted by Gasteiger charge is 2.23. The summed E-state index contributed by atoms with van der Waals surface area (Å²) in [6.45, 7) is 4.50. The molecule has 0 unspecified atom stereocenters. The van der Waals surface area contributed by atoms with Crippen LogP contribution in [0.2, 0.25) is 0 Å². The van der Waals surface area contributed by atoms with Gasteiger partial charge in [0.05, 0.1) is 5.56 Å². The Bertz CT molecular complexity index is 602. The summed E-state index contributed by atoms with van der Waals surface area (Å²) in [5.74, 6) is -1.39. The van der Waals surface area contributed by atoms with E-state index in [0.29, 0.717) is 13.1 Å². The Hall–Kier alpha value is -0.660. The number of halogens is 3. The van der Waals surface area contributed by atoms with Crippen molar-refractivity contribution in [3.05, 3.63) is 28.0 Å². The highest BCUT2D eigenvalue weighted by atomic mass is 79.9. The van der Waals surface area contributed by atoms with Crippen LogP contribution in [0, 0.1) is 5.82 Å². The van der Waals surface area contributed by atoms with Crippen LogP contribution < -0.4 is 0 Å². The first kappa shape index (κ1) is 16.4. The van der Waals surface area contributed by atoms with Crippen molar-refractivity contribution < 1.29 is 17.6 Å². The third-order valence-corrected chi connectivity index (χ3v) is 4.56. The van der Waals surface area contributed by atoms with E-state index >= 15 is 0 Å². The van der Waals surface area contributed by atoms with Gasteiger partial charge >= 0.3 is 0 Å². The molecule has 0 aliphatic carbocycles. The topological polar surface area (TPSA) is 54.5 Å². The van der Waals surface area contributed by atoms with Crippen LogP contribution in [0.25, 0.3) is 0 Å². The van der Waals surface area contributed by atoms with E-state index in [1.54, 1.807) is 13.8 Å². The first-order valence-electron chi connectivity index (χ1n) is 5.45. The van der Waals surface area contributed by atoms with Crippen LogP contribution in [0.15, 0.2) is 21.5 Å². The molecule has 0 spiro atoms. The quantitative estimate of drug-likeness (QED) is 0.764. The molecule has 1 aromatic carbocycles. The van der Waals surface area contributed by atoms with Gasteiger partial charge in [0.15, 0.2) is 0 Å². The van der Waals surface area contributed by atoms with E-state index in [2.05, 4.69) is 15.9 Å². The van der Waals surface area contributed by atoms with Gasteiger partial charge in [0, 0.05) is 28.2 Å². The summed E-state index contributed by atoms with van der Waals surface area (Å²) in [5.41, 5.74) is 0.0596. The molecule has 0 saturated heterocycles. The van der Waals surface area contributed by atoms with Gasteiger partial charge in [-0.05, 0) is 41.9 Å². The third kappa shape index (κ3) is 3.67. The van der Waals surface area contributed by atoms with E-state index in [-0.39, 0.29) is 10.0 Å². The highest BCUT2D eigenvalue weighted by molar-refractivity contribution is 9.10. The van der Waals surface area contributed by atoms with Crippen molar-refractivity contribution in [2.75, 3.05) is 13.1 Å². The van der Waals surface area contributed by atoms with Crippen LogP contribution in [0.3, 0.4) is 0 Å². The SMILES string of the molecule is CCN(CC)C(=O)c1cc(S(=O)(=O)Cl)c(F)cc1Br. The summed E-state index contributed by atoms with van der Waals surface area (Å²) in [6.07, 6.45) is 0. The van der Waals surface area contributed by atoms with Gasteiger partial charge in [-0.1, -0.05) is 0 Å². The average Bonchev–Trinajstić information content (AvgIpc) is 2.28. The summed E-state index contributed by atoms with van der Waals surface area (Å²) >= 11 is 3.05. The summed E-state index contributed by atoms with van der Waals surface area (Å²) in [7, 11) is 0.892. The maximum absolute atomic E-state index is 13.5. The molecule has 0 fully saturated rings. The van der Waals surface area contributed by atoms with E-state index in [1.807, 2.05) is 0 Å². The molecule has 0 radical (unpaired) electrons. The molecule has 106 valence electrons. The lowest BCUT2D eigenvalue weighted by molar-refractivity contribution is 0.0771. The fourth-order valence-electron chi connectivity index (χ4n) is 1.56. The molecule has 8 heteroatoms. The fourth-order valence-corrected chi connectivity index (χ4v) is 2.95. The molecule has 0 N–H and O–H groups in total. The Morgan fingerprint density at radius 2 is 1.89 bits per heavy atom. The summed E-state index contributed by atoms with van der Waals surface area (Å²) in [6, 6.07) is 1.87. The molecule has 1 aromatic rings. The Morgan fingerprint density at radius 1 is 1.37 bits per heavy atom. The van der Waals surface area contributed by atoms with Gasteiger partial charge in [-0.3, -0.25) is 4.79 Å². The number of nitrogens with zero attached hydrogens (tertiary/aromatic N) is 1. The normalized spacial score (nSPS) is 11.4. The highest BCUT2D eigenvalue weighted by Crippen LogP contribution is 2.27. The van der Waals surface area contributed by atoms with Gasteiger partial charge in [0.2, 0.25) is 0 Å². The maximum atomic E-state index is 13.5. The molecule has 0 heterocycles. The second kappa shape index (κ2) is 6.19. The van der Waals surface area contributed by atoms with Crippen molar-refractivity contribution in [2.24, 2.45) is 0 Å². The first-order valence-corrected chi connectivity index (χ1v) is 8.55. The zero-order chi connectivity index (χ0) is 14.8. The van der Waals surface area contributed by atoms with Crippen molar-refractivity contribution in [1.82, 2.24) is 4.90 Å². The predicted octanol–water partition coefficient (Wildman–Crippen LogP) is 3.00. The Kier molecular flexibility index (Phi) is 5.34. The molecular weight excluding hydrogens is 361 g/mol. The number of carbonyl (C=O) groups excluding carboxylic acids is 1. The lowest BCUT2D eigenvalue weighted by atomic mass is 10.2. The van der Waals surface area contributed by atoms with Crippen molar-refractivity contribution in [3.8, 4) is 0 Å². The monoisotopic (exact) mass is 371 g/mol. The van der Waals surface area contributed by atoms with E-state index in [1.165, 1.54) is 4.90 Å². The number of hydrogen-bond acceptors (Lipinski definition) is 3. The molecule has 4 nitrogen and oxygen atoms in total. The number of amides is 1. The Balaban J connectivity index is 3.41. The molecule has 1 amide bonds. The van der Waals surface area contributed by atoms with Gasteiger partial charge < -0.3 is 4.90 Å². The van der Waals surface area contributed by atoms with E-state index in [4.69, 9.17) is 10.7 Å². The minimum atomic E-state index is -4.24. The molecule has 0 bridgehead atoms. The van der Waals surface area contributed by atoms with E-state index in [9.17, 15) is 17.6 Å². The minimum Gasteiger partial charge on any atom is -0.339 e. The zero-order valence-electron chi connectivity index (χ0n) is 10.3. The summed E-state index contributed by atoms with van der Waals surface area (Å²) < 4.78 is 36.2. The van der Waals surface area contributed by atoms with Crippen LogP contribution in [-0.4, -0.2) is 32.3 Å². The average molecular weight is 373 g/mol. The summed E-state index contributed by atoms with van der Waals surface area (Å²) in [5, 5.41) is 0. The van der Waals surface area contributed by atoms with E-state index in [0.717, 1.165) is 12.1 Å². The van der Waals surface area contributed by atoms with Crippen molar-refractivity contribution in [3.63, 3.8) is 0 Å². The molecule has 1 rings (SSSR count). The minimum absolute atomic E-state index is 0.0596. The van der Waals surface area contributed by atoms with Gasteiger partial charge in [0.1, 0.15) is 10.7 Å². The lowest BCUT2D eigenvalue weighted by Crippen LogP contribution is -2.30. The molecule has 0 aliphatic rings. The second-order valence-electron chi connectivity index (χ2n) is 3.68. The number of rotatable bonds is 4. The van der Waals surface area contributed by atoms with Gasteiger partial charge in [-0.2, -0.15) is 0 Å². The number of benzene rings is 1. The van der Waals surface area contributed by atoms with Gasteiger partial charge in [-0.25, -0.2) is 12.8 Å². The molecular formula is C11H12BrClFNO3S. The van der Waals surface area contributed by atoms with Crippen molar-refractivity contribution in [1.29, 1.82) is 0 Å². The zero-order valence-corrected chi connectivity index (χ0v) is 13.4. The van der Waals surface area contributed by atoms with Crippen LogP contribution in [0.1, 0.15) is 24.2 Å². The fraction of sp³-hybridized carbons (Fsp3) is 0.364. The van der Waals surface area contributed by atoms with Gasteiger partial charge in [0.25, 0.3) is 15.0 Å². The number of carbonyl (C=O) groups is 1. The van der Waals surface area contributed by atoms with E-state index < -0.39 is 25.7 Å². The summed E-state index contributed by atoms with van der Waals surface area (Å²) in [4.78, 5) is 12.9. The smallest absolute Gasteiger partial charge is 0.264 e. The van der Waals surface area contributed by atoms with Gasteiger partial charge in [-0.15, -0.1) is 0 Å². The van der Waals surface area contributed by atoms with Crippen molar-refractivity contribution in [2.45, 2.75) is 18.7 Å². The standard InChI is InChI=1S/C11H12BrClFNO3S/c1-3-15(4-2)11(16)7-5-10(19(13,17)18)9(14)6-8(7)12/h5-6H,3-4H2,1-2H3. The van der Waals surface area contributed by atoms with Crippen LogP contribution in [0.4, 0.5) is 4.39 Å². The molecule has 19 heavy (non-hydrogen) atoms.